The zero-order chi connectivity index (χ0) is 15.7. The molecule has 1 aromatic rings. The normalized spacial score (nSPS) is 23.3. The summed E-state index contributed by atoms with van der Waals surface area (Å²) in [6.07, 6.45) is 0.411. The Hall–Kier alpha value is -1.48. The fraction of sp³-hybridized carbons (Fsp3) is 0.462. The highest BCUT2D eigenvalue weighted by atomic mass is 32.2. The van der Waals surface area contributed by atoms with Gasteiger partial charge in [-0.2, -0.15) is 0 Å². The van der Waals surface area contributed by atoms with Crippen LogP contribution in [0.1, 0.15) is 12.0 Å². The van der Waals surface area contributed by atoms with Crippen molar-refractivity contribution in [1.82, 2.24) is 9.62 Å². The minimum absolute atomic E-state index is 0.203. The average Bonchev–Trinajstić information content (AvgIpc) is 2.82. The van der Waals surface area contributed by atoms with Gasteiger partial charge in [0.15, 0.2) is 0 Å². The molecule has 1 saturated heterocycles. The first-order valence-electron chi connectivity index (χ1n) is 6.54. The number of carbonyl (C=O) groups is 1. The molecule has 0 bridgehead atoms. The van der Waals surface area contributed by atoms with Crippen molar-refractivity contribution in [2.45, 2.75) is 23.4 Å². The number of hydrogen-bond acceptors (Lipinski definition) is 5. The molecule has 2 rings (SSSR count). The van der Waals surface area contributed by atoms with Gasteiger partial charge in [-0.3, -0.25) is 9.69 Å². The van der Waals surface area contributed by atoms with Gasteiger partial charge < -0.3 is 10.8 Å². The van der Waals surface area contributed by atoms with Gasteiger partial charge in [-0.25, -0.2) is 13.1 Å². The van der Waals surface area contributed by atoms with Crippen LogP contribution in [0.4, 0.5) is 0 Å². The van der Waals surface area contributed by atoms with Gasteiger partial charge in [0.25, 0.3) is 0 Å². The van der Waals surface area contributed by atoms with Gasteiger partial charge >= 0.3 is 5.97 Å². The molecular formula is C13H19N3O4S. The summed E-state index contributed by atoms with van der Waals surface area (Å²) in [5.41, 5.74) is 5.55. The highest BCUT2D eigenvalue weighted by Crippen LogP contribution is 2.21. The molecule has 0 amide bonds. The fourth-order valence-corrected chi connectivity index (χ4v) is 3.10. The van der Waals surface area contributed by atoms with Gasteiger partial charge in [0.1, 0.15) is 5.54 Å². The molecule has 0 unspecified atom stereocenters. The summed E-state index contributed by atoms with van der Waals surface area (Å²) in [6, 6.07) is 6.51. The number of rotatable bonds is 5. The molecule has 1 fully saturated rings. The molecule has 7 nitrogen and oxygen atoms in total. The van der Waals surface area contributed by atoms with Crippen molar-refractivity contribution in [3.63, 3.8) is 0 Å². The van der Waals surface area contributed by atoms with Gasteiger partial charge in [0, 0.05) is 19.6 Å². The van der Waals surface area contributed by atoms with E-state index in [0.29, 0.717) is 26.1 Å². The molecule has 0 spiro atoms. The summed E-state index contributed by atoms with van der Waals surface area (Å²) in [5.74, 6) is -0.986. The second-order valence-electron chi connectivity index (χ2n) is 5.27. The second-order valence-corrected chi connectivity index (χ2v) is 7.16. The lowest BCUT2D eigenvalue weighted by atomic mass is 10.0. The Labute approximate surface area is 123 Å². The van der Waals surface area contributed by atoms with Crippen LogP contribution in [0, 0.1) is 0 Å². The van der Waals surface area contributed by atoms with Crippen LogP contribution < -0.4 is 10.5 Å². The van der Waals surface area contributed by atoms with Crippen molar-refractivity contribution in [1.29, 1.82) is 0 Å². The van der Waals surface area contributed by atoms with E-state index in [1.54, 1.807) is 12.1 Å². The lowest BCUT2D eigenvalue weighted by Crippen LogP contribution is -2.50. The van der Waals surface area contributed by atoms with Crippen molar-refractivity contribution < 1.29 is 18.3 Å². The molecule has 1 aromatic carbocycles. The van der Waals surface area contributed by atoms with Crippen LogP contribution in [0.25, 0.3) is 0 Å². The standard InChI is InChI=1S/C13H19N3O4S/c1-15-21(19,20)11-4-2-10(3-5-11)8-16-7-6-13(14,9-16)12(17)18/h2-5,15H,6-9,14H2,1H3,(H,17,18)/t13-/m1/s1. The number of benzene rings is 1. The van der Waals surface area contributed by atoms with Gasteiger partial charge in [-0.15, -0.1) is 0 Å². The van der Waals surface area contributed by atoms with Crippen molar-refractivity contribution >= 4 is 16.0 Å². The first-order valence-corrected chi connectivity index (χ1v) is 8.02. The molecule has 4 N–H and O–H groups in total. The molecule has 21 heavy (non-hydrogen) atoms. The first-order chi connectivity index (χ1) is 9.77. The number of sulfonamides is 1. The van der Waals surface area contributed by atoms with Crippen LogP contribution in [0.3, 0.4) is 0 Å². The maximum Gasteiger partial charge on any atom is 0.325 e. The van der Waals surface area contributed by atoms with Gasteiger partial charge in [-0.05, 0) is 31.2 Å². The number of hydrogen-bond donors (Lipinski definition) is 3. The molecule has 1 heterocycles. The van der Waals surface area contributed by atoms with E-state index in [1.807, 2.05) is 4.90 Å². The predicted molar refractivity (Wildman–Crippen MR) is 77.1 cm³/mol. The molecule has 1 atom stereocenters. The van der Waals surface area contributed by atoms with Gasteiger partial charge in [0.2, 0.25) is 10.0 Å². The fourth-order valence-electron chi connectivity index (χ4n) is 2.37. The number of carboxylic acid groups (broad SMARTS) is 1. The van der Waals surface area contributed by atoms with Crippen LogP contribution in [-0.2, 0) is 21.4 Å². The monoisotopic (exact) mass is 313 g/mol. The Morgan fingerprint density at radius 3 is 2.52 bits per heavy atom. The van der Waals surface area contributed by atoms with Crippen LogP contribution in [0.5, 0.6) is 0 Å². The minimum atomic E-state index is -3.43. The topological polar surface area (TPSA) is 113 Å². The van der Waals surface area contributed by atoms with Crippen LogP contribution in [0.2, 0.25) is 0 Å². The van der Waals surface area contributed by atoms with Gasteiger partial charge in [0.05, 0.1) is 4.90 Å². The number of nitrogens with two attached hydrogens (primary N) is 1. The van der Waals surface area contributed by atoms with Crippen LogP contribution >= 0.6 is 0 Å². The van der Waals surface area contributed by atoms with Crippen molar-refractivity contribution in [3.05, 3.63) is 29.8 Å². The van der Waals surface area contributed by atoms with E-state index in [4.69, 9.17) is 10.8 Å². The average molecular weight is 313 g/mol. The summed E-state index contributed by atoms with van der Waals surface area (Å²) in [7, 11) is -2.07. The molecule has 0 radical (unpaired) electrons. The zero-order valence-electron chi connectivity index (χ0n) is 11.7. The van der Waals surface area contributed by atoms with E-state index in [1.165, 1.54) is 19.2 Å². The number of aliphatic carboxylic acids is 1. The van der Waals surface area contributed by atoms with E-state index >= 15 is 0 Å². The van der Waals surface area contributed by atoms with Crippen molar-refractivity contribution in [3.8, 4) is 0 Å². The third-order valence-electron chi connectivity index (χ3n) is 3.71. The molecule has 8 heteroatoms. The second kappa shape index (κ2) is 5.72. The van der Waals surface area contributed by atoms with Gasteiger partial charge in [-0.1, -0.05) is 12.1 Å². The minimum Gasteiger partial charge on any atom is -0.480 e. The van der Waals surface area contributed by atoms with E-state index in [9.17, 15) is 13.2 Å². The Morgan fingerprint density at radius 1 is 1.43 bits per heavy atom. The quantitative estimate of drug-likeness (QED) is 0.681. The van der Waals surface area contributed by atoms with Crippen molar-refractivity contribution in [2.24, 2.45) is 5.73 Å². The maximum atomic E-state index is 11.6. The largest absolute Gasteiger partial charge is 0.480 e. The molecule has 116 valence electrons. The van der Waals surface area contributed by atoms with Crippen LogP contribution in [-0.4, -0.2) is 50.1 Å². The molecule has 1 aliphatic rings. The Balaban J connectivity index is 2.04. The van der Waals surface area contributed by atoms with Crippen molar-refractivity contribution in [2.75, 3.05) is 20.1 Å². The summed E-state index contributed by atoms with van der Waals surface area (Å²) in [5, 5.41) is 9.08. The number of carboxylic acids is 1. The third-order valence-corrected chi connectivity index (χ3v) is 5.14. The number of likely N-dealkylation sites (tertiary alicyclic amines) is 1. The van der Waals surface area contributed by atoms with E-state index < -0.39 is 21.5 Å². The molecular weight excluding hydrogens is 294 g/mol. The smallest absolute Gasteiger partial charge is 0.325 e. The van der Waals surface area contributed by atoms with Crippen LogP contribution in [0.15, 0.2) is 29.2 Å². The Bertz CT molecular complexity index is 629. The summed E-state index contributed by atoms with van der Waals surface area (Å²) in [4.78, 5) is 13.2. The van der Waals surface area contributed by atoms with E-state index in [2.05, 4.69) is 4.72 Å². The SMILES string of the molecule is CNS(=O)(=O)c1ccc(CN2CC[C@](N)(C(=O)O)C2)cc1. The lowest BCUT2D eigenvalue weighted by Gasteiger charge is -2.20. The Kier molecular flexibility index (Phi) is 4.33. The molecule has 1 aliphatic heterocycles. The molecule has 0 aromatic heterocycles. The number of nitrogens with one attached hydrogen (secondary N) is 1. The Morgan fingerprint density at radius 2 is 2.05 bits per heavy atom. The number of nitrogens with zero attached hydrogens (tertiary/aromatic N) is 1. The maximum absolute atomic E-state index is 11.6. The lowest BCUT2D eigenvalue weighted by molar-refractivity contribution is -0.142. The van der Waals surface area contributed by atoms with E-state index in [-0.39, 0.29) is 4.90 Å². The highest BCUT2D eigenvalue weighted by molar-refractivity contribution is 7.89. The molecule has 0 aliphatic carbocycles. The predicted octanol–water partition coefficient (Wildman–Crippen LogP) is -0.417. The first kappa shape index (κ1) is 15.9. The highest BCUT2D eigenvalue weighted by Gasteiger charge is 2.40. The van der Waals surface area contributed by atoms with E-state index in [0.717, 1.165) is 5.56 Å². The third kappa shape index (κ3) is 3.41. The summed E-state index contributed by atoms with van der Waals surface area (Å²) in [6.45, 7) is 1.45. The summed E-state index contributed by atoms with van der Waals surface area (Å²) >= 11 is 0. The summed E-state index contributed by atoms with van der Waals surface area (Å²) < 4.78 is 25.5. The zero-order valence-corrected chi connectivity index (χ0v) is 12.6. The molecule has 0 saturated carbocycles.